The summed E-state index contributed by atoms with van der Waals surface area (Å²) in [5, 5.41) is 2.78. The lowest BCUT2D eigenvalue weighted by Crippen LogP contribution is -2.20. The Kier molecular flexibility index (Phi) is 6.51. The Labute approximate surface area is 147 Å². The number of methoxy groups -OCH3 is 1. The number of aromatic nitrogens is 1. The third-order valence-electron chi connectivity index (χ3n) is 3.81. The maximum Gasteiger partial charge on any atom is 0.337 e. The van der Waals surface area contributed by atoms with E-state index in [0.717, 1.165) is 25.2 Å². The van der Waals surface area contributed by atoms with Crippen LogP contribution in [-0.2, 0) is 4.74 Å². The molecule has 0 aliphatic rings. The summed E-state index contributed by atoms with van der Waals surface area (Å²) in [7, 11) is 3.31. The third kappa shape index (κ3) is 5.04. The number of carbonyl (C=O) groups is 2. The van der Waals surface area contributed by atoms with Gasteiger partial charge in [0, 0.05) is 25.5 Å². The number of nitrogens with one attached hydrogen (secondary N) is 1. The zero-order chi connectivity index (χ0) is 18.2. The van der Waals surface area contributed by atoms with Crippen LogP contribution in [0.25, 0.3) is 0 Å². The molecule has 0 spiro atoms. The van der Waals surface area contributed by atoms with Gasteiger partial charge in [-0.05, 0) is 42.8 Å². The molecule has 0 bridgehead atoms. The molecule has 0 aliphatic carbocycles. The molecule has 0 radical (unpaired) electrons. The standard InChI is InChI=1S/C19H23N3O3/c1-4-5-12-22(2)17-11-8-15(13-20-17)18(23)21-16-9-6-14(7-10-16)19(24)25-3/h6-11,13H,4-5,12H2,1-3H3,(H,21,23). The van der Waals surface area contributed by atoms with Gasteiger partial charge >= 0.3 is 5.97 Å². The molecule has 1 aromatic heterocycles. The van der Waals surface area contributed by atoms with Crippen molar-refractivity contribution in [3.8, 4) is 0 Å². The highest BCUT2D eigenvalue weighted by Crippen LogP contribution is 2.14. The lowest BCUT2D eigenvalue weighted by atomic mass is 10.2. The summed E-state index contributed by atoms with van der Waals surface area (Å²) in [5.41, 5.74) is 1.51. The van der Waals surface area contributed by atoms with E-state index in [-0.39, 0.29) is 5.91 Å². The fourth-order valence-corrected chi connectivity index (χ4v) is 2.27. The van der Waals surface area contributed by atoms with Crippen molar-refractivity contribution < 1.29 is 14.3 Å². The Bertz CT molecular complexity index is 712. The van der Waals surface area contributed by atoms with E-state index in [1.807, 2.05) is 13.1 Å². The van der Waals surface area contributed by atoms with Gasteiger partial charge in [0.2, 0.25) is 0 Å². The van der Waals surface area contributed by atoms with Crippen molar-refractivity contribution in [1.82, 2.24) is 4.98 Å². The van der Waals surface area contributed by atoms with Crippen LogP contribution in [0.15, 0.2) is 42.6 Å². The number of hydrogen-bond acceptors (Lipinski definition) is 5. The number of anilines is 2. The summed E-state index contributed by atoms with van der Waals surface area (Å²) < 4.78 is 4.64. The molecule has 6 nitrogen and oxygen atoms in total. The Morgan fingerprint density at radius 1 is 1.12 bits per heavy atom. The van der Waals surface area contributed by atoms with Gasteiger partial charge in [-0.15, -0.1) is 0 Å². The molecule has 1 N–H and O–H groups in total. The minimum absolute atomic E-state index is 0.249. The Morgan fingerprint density at radius 2 is 1.80 bits per heavy atom. The van der Waals surface area contributed by atoms with Crippen LogP contribution in [0.1, 0.15) is 40.5 Å². The first kappa shape index (κ1) is 18.4. The molecule has 2 aromatic rings. The van der Waals surface area contributed by atoms with Crippen molar-refractivity contribution in [1.29, 1.82) is 0 Å². The van der Waals surface area contributed by atoms with E-state index in [0.29, 0.717) is 16.8 Å². The summed E-state index contributed by atoms with van der Waals surface area (Å²) in [6.07, 6.45) is 3.79. The molecule has 0 atom stereocenters. The fraction of sp³-hybridized carbons (Fsp3) is 0.316. The minimum Gasteiger partial charge on any atom is -0.465 e. The van der Waals surface area contributed by atoms with E-state index in [2.05, 4.69) is 26.9 Å². The molecule has 25 heavy (non-hydrogen) atoms. The van der Waals surface area contributed by atoms with Gasteiger partial charge in [-0.3, -0.25) is 4.79 Å². The van der Waals surface area contributed by atoms with Crippen molar-refractivity contribution >= 4 is 23.4 Å². The Balaban J connectivity index is 1.99. The molecule has 1 amide bonds. The predicted octanol–water partition coefficient (Wildman–Crippen LogP) is 3.36. The van der Waals surface area contributed by atoms with Crippen LogP contribution in [0.2, 0.25) is 0 Å². The third-order valence-corrected chi connectivity index (χ3v) is 3.81. The highest BCUT2D eigenvalue weighted by Gasteiger charge is 2.10. The van der Waals surface area contributed by atoms with Gasteiger partial charge in [-0.2, -0.15) is 0 Å². The topological polar surface area (TPSA) is 71.5 Å². The van der Waals surface area contributed by atoms with E-state index < -0.39 is 5.97 Å². The normalized spacial score (nSPS) is 10.2. The number of benzene rings is 1. The number of amides is 1. The zero-order valence-corrected chi connectivity index (χ0v) is 14.8. The first-order valence-corrected chi connectivity index (χ1v) is 8.22. The maximum absolute atomic E-state index is 12.3. The highest BCUT2D eigenvalue weighted by molar-refractivity contribution is 6.04. The van der Waals surface area contributed by atoms with E-state index in [1.165, 1.54) is 7.11 Å². The van der Waals surface area contributed by atoms with Crippen molar-refractivity contribution in [2.45, 2.75) is 19.8 Å². The second kappa shape index (κ2) is 8.82. The second-order valence-electron chi connectivity index (χ2n) is 5.70. The number of ether oxygens (including phenoxy) is 1. The monoisotopic (exact) mass is 341 g/mol. The smallest absolute Gasteiger partial charge is 0.337 e. The lowest BCUT2D eigenvalue weighted by molar-refractivity contribution is 0.0600. The summed E-state index contributed by atoms with van der Waals surface area (Å²) in [6, 6.07) is 10.1. The predicted molar refractivity (Wildman–Crippen MR) is 98.1 cm³/mol. The van der Waals surface area contributed by atoms with Gasteiger partial charge < -0.3 is 15.0 Å². The summed E-state index contributed by atoms with van der Waals surface area (Å²) in [5.74, 6) is 0.179. The number of carbonyl (C=O) groups excluding carboxylic acids is 2. The van der Waals surface area contributed by atoms with Crippen molar-refractivity contribution in [2.24, 2.45) is 0 Å². The number of rotatable bonds is 7. The molecular weight excluding hydrogens is 318 g/mol. The van der Waals surface area contributed by atoms with Crippen molar-refractivity contribution in [3.63, 3.8) is 0 Å². The molecular formula is C19H23N3O3. The second-order valence-corrected chi connectivity index (χ2v) is 5.70. The van der Waals surface area contributed by atoms with Crippen molar-refractivity contribution in [2.75, 3.05) is 30.9 Å². The van der Waals surface area contributed by atoms with Crippen LogP contribution in [-0.4, -0.2) is 37.6 Å². The summed E-state index contributed by atoms with van der Waals surface area (Å²) in [6.45, 7) is 3.08. The van der Waals surface area contributed by atoms with E-state index in [9.17, 15) is 9.59 Å². The number of esters is 1. The molecule has 0 fully saturated rings. The van der Waals surface area contributed by atoms with Gasteiger partial charge in [0.25, 0.3) is 5.91 Å². The molecule has 0 saturated carbocycles. The zero-order valence-electron chi connectivity index (χ0n) is 14.8. The molecule has 6 heteroatoms. The Morgan fingerprint density at radius 3 is 2.36 bits per heavy atom. The van der Waals surface area contributed by atoms with Crippen LogP contribution < -0.4 is 10.2 Å². The molecule has 2 rings (SSSR count). The molecule has 0 aliphatic heterocycles. The van der Waals surface area contributed by atoms with Crippen LogP contribution in [0.4, 0.5) is 11.5 Å². The quantitative estimate of drug-likeness (QED) is 0.782. The average Bonchev–Trinajstić information content (AvgIpc) is 2.66. The van der Waals surface area contributed by atoms with Crippen LogP contribution in [0.3, 0.4) is 0 Å². The fourth-order valence-electron chi connectivity index (χ4n) is 2.27. The average molecular weight is 341 g/mol. The molecule has 1 aromatic carbocycles. The SMILES string of the molecule is CCCCN(C)c1ccc(C(=O)Nc2ccc(C(=O)OC)cc2)cn1. The van der Waals surface area contributed by atoms with Crippen LogP contribution >= 0.6 is 0 Å². The highest BCUT2D eigenvalue weighted by atomic mass is 16.5. The van der Waals surface area contributed by atoms with Gasteiger partial charge in [-0.25, -0.2) is 9.78 Å². The first-order chi connectivity index (χ1) is 12.0. The minimum atomic E-state index is -0.412. The molecule has 132 valence electrons. The summed E-state index contributed by atoms with van der Waals surface area (Å²) in [4.78, 5) is 30.1. The first-order valence-electron chi connectivity index (χ1n) is 8.22. The van der Waals surface area contributed by atoms with Gasteiger partial charge in [0.15, 0.2) is 0 Å². The van der Waals surface area contributed by atoms with Crippen molar-refractivity contribution in [3.05, 3.63) is 53.7 Å². The van der Waals surface area contributed by atoms with Gasteiger partial charge in [0.05, 0.1) is 18.2 Å². The molecule has 0 saturated heterocycles. The van der Waals surface area contributed by atoms with E-state index in [4.69, 9.17) is 0 Å². The number of unbranched alkanes of at least 4 members (excludes halogenated alkanes) is 1. The van der Waals surface area contributed by atoms with E-state index in [1.54, 1.807) is 36.5 Å². The molecule has 1 heterocycles. The number of nitrogens with zero attached hydrogens (tertiary/aromatic N) is 2. The van der Waals surface area contributed by atoms with E-state index >= 15 is 0 Å². The Hall–Kier alpha value is -2.89. The van der Waals surface area contributed by atoms with Gasteiger partial charge in [-0.1, -0.05) is 13.3 Å². The lowest BCUT2D eigenvalue weighted by Gasteiger charge is -2.17. The van der Waals surface area contributed by atoms with Crippen LogP contribution in [0, 0.1) is 0 Å². The van der Waals surface area contributed by atoms with Crippen LogP contribution in [0.5, 0.6) is 0 Å². The molecule has 0 unspecified atom stereocenters. The van der Waals surface area contributed by atoms with Gasteiger partial charge in [0.1, 0.15) is 5.82 Å². The largest absolute Gasteiger partial charge is 0.465 e. The summed E-state index contributed by atoms with van der Waals surface area (Å²) >= 11 is 0. The number of hydrogen-bond donors (Lipinski definition) is 1. The number of pyridine rings is 1. The maximum atomic E-state index is 12.3.